The zero-order valence-corrected chi connectivity index (χ0v) is 15.6. The minimum Gasteiger partial charge on any atom is -0.372 e. The second kappa shape index (κ2) is 9.00. The fourth-order valence-electron chi connectivity index (χ4n) is 2.45. The molecule has 9 heteroatoms. The van der Waals surface area contributed by atoms with Gasteiger partial charge in [-0.15, -0.1) is 0 Å². The van der Waals surface area contributed by atoms with E-state index >= 15 is 0 Å². The highest BCUT2D eigenvalue weighted by atomic mass is 35.5. The van der Waals surface area contributed by atoms with Crippen molar-refractivity contribution in [1.29, 1.82) is 0 Å². The molecule has 2 N–H and O–H groups in total. The van der Waals surface area contributed by atoms with E-state index in [1.54, 1.807) is 12.1 Å². The predicted octanol–water partition coefficient (Wildman–Crippen LogP) is 3.67. The van der Waals surface area contributed by atoms with Gasteiger partial charge in [0.05, 0.1) is 4.92 Å². The Labute approximate surface area is 161 Å². The molecule has 0 atom stereocenters. The molecule has 0 unspecified atom stereocenters. The van der Waals surface area contributed by atoms with Crippen LogP contribution in [0.5, 0.6) is 0 Å². The number of nitro benzene ring substituents is 1. The Morgan fingerprint density at radius 1 is 1.00 bits per heavy atom. The number of benzene rings is 2. The average molecular weight is 391 g/mol. The third-order valence-corrected chi connectivity index (χ3v) is 4.18. The molecule has 142 valence electrons. The molecular weight excluding hydrogens is 372 g/mol. The number of carbonyl (C=O) groups excluding carboxylic acids is 2. The second-order valence-electron chi connectivity index (χ2n) is 5.55. The lowest BCUT2D eigenvalue weighted by atomic mass is 10.2. The number of halogens is 1. The summed E-state index contributed by atoms with van der Waals surface area (Å²) in [6.45, 7) is 5.81. The Kier molecular flexibility index (Phi) is 6.73. The summed E-state index contributed by atoms with van der Waals surface area (Å²) in [4.78, 5) is 36.4. The average Bonchev–Trinajstić information content (AvgIpc) is 2.65. The molecule has 0 aliphatic heterocycles. The summed E-state index contributed by atoms with van der Waals surface area (Å²) in [5, 5.41) is 15.6. The Balaban J connectivity index is 2.03. The highest BCUT2D eigenvalue weighted by molar-refractivity contribution is 6.43. The number of nitro groups is 1. The third-order valence-electron chi connectivity index (χ3n) is 3.86. The zero-order valence-electron chi connectivity index (χ0n) is 14.9. The van der Waals surface area contributed by atoms with E-state index in [-0.39, 0.29) is 16.4 Å². The van der Waals surface area contributed by atoms with Crippen molar-refractivity contribution in [2.24, 2.45) is 0 Å². The highest BCUT2D eigenvalue weighted by Gasteiger charge is 2.17. The number of anilines is 3. The molecule has 0 saturated heterocycles. The lowest BCUT2D eigenvalue weighted by Gasteiger charge is -2.21. The molecule has 0 aliphatic carbocycles. The van der Waals surface area contributed by atoms with Crippen LogP contribution in [0.1, 0.15) is 13.8 Å². The van der Waals surface area contributed by atoms with Gasteiger partial charge in [0.1, 0.15) is 5.02 Å². The molecule has 8 nitrogen and oxygen atoms in total. The van der Waals surface area contributed by atoms with E-state index in [1.165, 1.54) is 12.1 Å². The van der Waals surface area contributed by atoms with Crippen molar-refractivity contribution in [3.05, 3.63) is 57.6 Å². The number of nitrogens with one attached hydrogen (secondary N) is 2. The first kappa shape index (κ1) is 20.2. The van der Waals surface area contributed by atoms with Gasteiger partial charge in [-0.25, -0.2) is 0 Å². The molecule has 0 aliphatic rings. The zero-order chi connectivity index (χ0) is 20.0. The molecule has 2 aromatic rings. The number of carbonyl (C=O) groups is 2. The molecule has 27 heavy (non-hydrogen) atoms. The van der Waals surface area contributed by atoms with Crippen molar-refractivity contribution >= 4 is 46.2 Å². The van der Waals surface area contributed by atoms with Crippen LogP contribution in [0.15, 0.2) is 42.5 Å². The predicted molar refractivity (Wildman–Crippen MR) is 105 cm³/mol. The normalized spacial score (nSPS) is 10.2. The number of nitrogens with zero attached hydrogens (tertiary/aromatic N) is 2. The van der Waals surface area contributed by atoms with E-state index in [0.29, 0.717) is 5.69 Å². The van der Waals surface area contributed by atoms with Crippen molar-refractivity contribution in [3.63, 3.8) is 0 Å². The summed E-state index contributed by atoms with van der Waals surface area (Å²) in [6.07, 6.45) is 0. The van der Waals surface area contributed by atoms with Crippen molar-refractivity contribution in [2.45, 2.75) is 13.8 Å². The molecule has 0 bridgehead atoms. The first-order chi connectivity index (χ1) is 12.8. The van der Waals surface area contributed by atoms with E-state index in [2.05, 4.69) is 15.5 Å². The van der Waals surface area contributed by atoms with Crippen molar-refractivity contribution in [3.8, 4) is 0 Å². The Morgan fingerprint density at radius 2 is 1.52 bits per heavy atom. The van der Waals surface area contributed by atoms with E-state index in [9.17, 15) is 19.7 Å². The van der Waals surface area contributed by atoms with Gasteiger partial charge in [0.25, 0.3) is 5.69 Å². The fraction of sp³-hybridized carbons (Fsp3) is 0.222. The molecule has 0 radical (unpaired) electrons. The quantitative estimate of drug-likeness (QED) is 0.445. The minimum atomic E-state index is -0.945. The van der Waals surface area contributed by atoms with Gasteiger partial charge >= 0.3 is 11.8 Å². The van der Waals surface area contributed by atoms with Gasteiger partial charge in [0.15, 0.2) is 0 Å². The maximum Gasteiger partial charge on any atom is 0.314 e. The summed E-state index contributed by atoms with van der Waals surface area (Å²) in [5.41, 5.74) is 1.22. The molecule has 0 aromatic heterocycles. The van der Waals surface area contributed by atoms with Crippen LogP contribution in [0, 0.1) is 10.1 Å². The molecule has 0 fully saturated rings. The monoisotopic (exact) mass is 390 g/mol. The lowest BCUT2D eigenvalue weighted by Crippen LogP contribution is -2.29. The topological polar surface area (TPSA) is 105 Å². The molecule has 2 aromatic carbocycles. The summed E-state index contributed by atoms with van der Waals surface area (Å²) in [7, 11) is 0. The standard InChI is InChI=1S/C18H19ClN4O4/c1-3-22(4-2)14-8-5-12(6-9-14)20-17(24)18(25)21-13-7-10-15(19)16(11-13)23(26)27/h5-11H,3-4H2,1-2H3,(H,20,24)(H,21,25). The van der Waals surface area contributed by atoms with Crippen molar-refractivity contribution in [1.82, 2.24) is 0 Å². The van der Waals surface area contributed by atoms with Crippen LogP contribution >= 0.6 is 11.6 Å². The van der Waals surface area contributed by atoms with Crippen LogP contribution in [0.25, 0.3) is 0 Å². The third kappa shape index (κ3) is 5.18. The SMILES string of the molecule is CCN(CC)c1ccc(NC(=O)C(=O)Nc2ccc(Cl)c([N+](=O)[O-])c2)cc1. The van der Waals surface area contributed by atoms with Crippen LogP contribution in [0.4, 0.5) is 22.7 Å². The van der Waals surface area contributed by atoms with E-state index < -0.39 is 16.7 Å². The maximum atomic E-state index is 12.0. The Bertz CT molecular complexity index is 851. The lowest BCUT2D eigenvalue weighted by molar-refractivity contribution is -0.384. The molecule has 2 amide bonds. The molecule has 0 spiro atoms. The second-order valence-corrected chi connectivity index (χ2v) is 5.96. The van der Waals surface area contributed by atoms with Gasteiger partial charge in [-0.1, -0.05) is 11.6 Å². The van der Waals surface area contributed by atoms with Crippen LogP contribution in [-0.2, 0) is 9.59 Å². The molecular formula is C18H19ClN4O4. The van der Waals surface area contributed by atoms with Gasteiger partial charge in [0.2, 0.25) is 0 Å². The van der Waals surface area contributed by atoms with E-state index in [0.717, 1.165) is 24.8 Å². The summed E-state index contributed by atoms with van der Waals surface area (Å²) >= 11 is 5.72. The summed E-state index contributed by atoms with van der Waals surface area (Å²) in [6, 6.07) is 10.8. The fourth-order valence-corrected chi connectivity index (χ4v) is 2.64. The van der Waals surface area contributed by atoms with Gasteiger partial charge < -0.3 is 15.5 Å². The van der Waals surface area contributed by atoms with Crippen molar-refractivity contribution in [2.75, 3.05) is 28.6 Å². The van der Waals surface area contributed by atoms with Crippen LogP contribution in [-0.4, -0.2) is 29.8 Å². The van der Waals surface area contributed by atoms with Gasteiger partial charge in [0, 0.05) is 36.2 Å². The first-order valence-electron chi connectivity index (χ1n) is 8.27. The summed E-state index contributed by atoms with van der Waals surface area (Å²) < 4.78 is 0. The summed E-state index contributed by atoms with van der Waals surface area (Å²) in [5.74, 6) is -1.83. The number of amides is 2. The first-order valence-corrected chi connectivity index (χ1v) is 8.64. The van der Waals surface area contributed by atoms with Crippen molar-refractivity contribution < 1.29 is 14.5 Å². The Morgan fingerprint density at radius 3 is 2.04 bits per heavy atom. The molecule has 0 saturated carbocycles. The molecule has 2 rings (SSSR count). The van der Waals surface area contributed by atoms with Crippen LogP contribution in [0.3, 0.4) is 0 Å². The van der Waals surface area contributed by atoms with Gasteiger partial charge in [-0.3, -0.25) is 19.7 Å². The van der Waals surface area contributed by atoms with E-state index in [1.807, 2.05) is 26.0 Å². The van der Waals surface area contributed by atoms with Crippen LogP contribution < -0.4 is 15.5 Å². The maximum absolute atomic E-state index is 12.0. The minimum absolute atomic E-state index is 0.0595. The van der Waals surface area contributed by atoms with E-state index in [4.69, 9.17) is 11.6 Å². The smallest absolute Gasteiger partial charge is 0.314 e. The van der Waals surface area contributed by atoms with Gasteiger partial charge in [-0.05, 0) is 50.2 Å². The number of hydrogen-bond donors (Lipinski definition) is 2. The van der Waals surface area contributed by atoms with Gasteiger partial charge in [-0.2, -0.15) is 0 Å². The van der Waals surface area contributed by atoms with Crippen LogP contribution in [0.2, 0.25) is 5.02 Å². The Hall–Kier alpha value is -3.13. The number of rotatable bonds is 6. The molecule has 0 heterocycles. The highest BCUT2D eigenvalue weighted by Crippen LogP contribution is 2.27. The number of hydrogen-bond acceptors (Lipinski definition) is 5. The largest absolute Gasteiger partial charge is 0.372 e.